The van der Waals surface area contributed by atoms with E-state index in [1.54, 1.807) is 16.8 Å². The number of aromatic nitrogens is 4. The topological polar surface area (TPSA) is 86.8 Å². The largest absolute Gasteiger partial charge is 0.357 e. The normalized spacial score (nSPS) is 15.3. The van der Waals surface area contributed by atoms with Gasteiger partial charge in [-0.15, -0.1) is 0 Å². The van der Waals surface area contributed by atoms with Gasteiger partial charge in [-0.3, -0.25) is 4.79 Å². The minimum atomic E-state index is -0.217. The van der Waals surface area contributed by atoms with E-state index in [9.17, 15) is 9.59 Å². The van der Waals surface area contributed by atoms with Gasteiger partial charge in [0, 0.05) is 25.7 Å². The van der Waals surface area contributed by atoms with Crippen molar-refractivity contribution in [2.24, 2.45) is 5.92 Å². The number of carbonyl (C=O) groups excluding carboxylic acids is 1. The molecule has 2 N–H and O–H groups in total. The second-order valence-corrected chi connectivity index (χ2v) is 6.64. The van der Waals surface area contributed by atoms with Crippen LogP contribution in [0.15, 0.2) is 53.5 Å². The number of amides is 1. The summed E-state index contributed by atoms with van der Waals surface area (Å²) in [6.07, 6.45) is 4.29. The highest BCUT2D eigenvalue weighted by molar-refractivity contribution is 5.92. The number of nitrogens with zero attached hydrogens (tertiary/aromatic N) is 3. The first kappa shape index (κ1) is 16.4. The second kappa shape index (κ2) is 7.03. The number of hydrogen-bond donors (Lipinski definition) is 2. The summed E-state index contributed by atoms with van der Waals surface area (Å²) in [4.78, 5) is 29.4. The van der Waals surface area contributed by atoms with E-state index in [0.717, 1.165) is 43.9 Å². The molecule has 7 heteroatoms. The SMILES string of the molecule is O=C(c1ccc[nH]1)N1CCC(Cc2n[nH]c(=O)n2-c2ccccc2)CC1. The van der Waals surface area contributed by atoms with Gasteiger partial charge >= 0.3 is 5.69 Å². The lowest BCUT2D eigenvalue weighted by atomic mass is 9.93. The second-order valence-electron chi connectivity index (χ2n) is 6.64. The van der Waals surface area contributed by atoms with Crippen molar-refractivity contribution in [3.63, 3.8) is 0 Å². The van der Waals surface area contributed by atoms with Crippen LogP contribution < -0.4 is 5.69 Å². The summed E-state index contributed by atoms with van der Waals surface area (Å²) in [5.74, 6) is 1.20. The lowest BCUT2D eigenvalue weighted by Crippen LogP contribution is -2.39. The molecule has 4 rings (SSSR count). The Kier molecular flexibility index (Phi) is 4.43. The van der Waals surface area contributed by atoms with Crippen LogP contribution in [0.3, 0.4) is 0 Å². The van der Waals surface area contributed by atoms with Crippen molar-refractivity contribution < 1.29 is 4.79 Å². The summed E-state index contributed by atoms with van der Waals surface area (Å²) in [6.45, 7) is 1.45. The molecular formula is C19H21N5O2. The van der Waals surface area contributed by atoms with E-state index in [1.165, 1.54) is 0 Å². The van der Waals surface area contributed by atoms with Crippen LogP contribution in [0, 0.1) is 5.92 Å². The van der Waals surface area contributed by atoms with Gasteiger partial charge < -0.3 is 9.88 Å². The Hall–Kier alpha value is -3.09. The number of para-hydroxylation sites is 1. The van der Waals surface area contributed by atoms with Gasteiger partial charge in [0.2, 0.25) is 0 Å². The number of benzene rings is 1. The number of H-pyrrole nitrogens is 2. The summed E-state index contributed by atoms with van der Waals surface area (Å²) in [5.41, 5.74) is 1.24. The van der Waals surface area contributed by atoms with Gasteiger partial charge in [-0.05, 0) is 43.0 Å². The standard InChI is InChI=1S/C19H21N5O2/c25-18(16-7-4-10-20-16)23-11-8-14(9-12-23)13-17-21-22-19(26)24(17)15-5-2-1-3-6-15/h1-7,10,14,20H,8-9,11-13H2,(H,22,26). The van der Waals surface area contributed by atoms with Crippen molar-refractivity contribution in [2.45, 2.75) is 19.3 Å². The quantitative estimate of drug-likeness (QED) is 0.753. The zero-order valence-corrected chi connectivity index (χ0v) is 14.4. The Morgan fingerprint density at radius 3 is 2.58 bits per heavy atom. The summed E-state index contributed by atoms with van der Waals surface area (Å²) >= 11 is 0. The third-order valence-electron chi connectivity index (χ3n) is 4.96. The lowest BCUT2D eigenvalue weighted by Gasteiger charge is -2.31. The minimum Gasteiger partial charge on any atom is -0.357 e. The predicted octanol–water partition coefficient (Wildman–Crippen LogP) is 1.98. The molecule has 2 aromatic heterocycles. The van der Waals surface area contributed by atoms with Crippen molar-refractivity contribution in [1.82, 2.24) is 24.6 Å². The first-order chi connectivity index (χ1) is 12.7. The number of nitrogens with one attached hydrogen (secondary N) is 2. The highest BCUT2D eigenvalue weighted by Crippen LogP contribution is 2.22. The molecule has 1 aliphatic heterocycles. The number of aromatic amines is 2. The van der Waals surface area contributed by atoms with Crippen molar-refractivity contribution >= 4 is 5.91 Å². The number of rotatable bonds is 4. The van der Waals surface area contributed by atoms with Crippen LogP contribution in [0.25, 0.3) is 5.69 Å². The first-order valence-electron chi connectivity index (χ1n) is 8.87. The summed E-state index contributed by atoms with van der Waals surface area (Å²) in [7, 11) is 0. The van der Waals surface area contributed by atoms with Crippen LogP contribution in [0.4, 0.5) is 0 Å². The van der Waals surface area contributed by atoms with E-state index >= 15 is 0 Å². The molecule has 0 radical (unpaired) electrons. The Morgan fingerprint density at radius 1 is 1.12 bits per heavy atom. The molecule has 1 fully saturated rings. The Balaban J connectivity index is 1.43. The van der Waals surface area contributed by atoms with E-state index in [1.807, 2.05) is 41.3 Å². The molecule has 0 saturated carbocycles. The summed E-state index contributed by atoms with van der Waals surface area (Å²) in [6, 6.07) is 13.2. The molecule has 0 atom stereocenters. The highest BCUT2D eigenvalue weighted by atomic mass is 16.2. The monoisotopic (exact) mass is 351 g/mol. The molecule has 3 heterocycles. The van der Waals surface area contributed by atoms with Crippen LogP contribution in [-0.2, 0) is 6.42 Å². The Labute approximate surface area is 150 Å². The average Bonchev–Trinajstić information content (AvgIpc) is 3.33. The van der Waals surface area contributed by atoms with Gasteiger partial charge in [0.15, 0.2) is 0 Å². The maximum absolute atomic E-state index is 12.4. The number of carbonyl (C=O) groups is 1. The number of likely N-dealkylation sites (tertiary alicyclic amines) is 1. The molecule has 0 bridgehead atoms. The fourth-order valence-electron chi connectivity index (χ4n) is 3.54. The van der Waals surface area contributed by atoms with E-state index < -0.39 is 0 Å². The highest BCUT2D eigenvalue weighted by Gasteiger charge is 2.25. The van der Waals surface area contributed by atoms with Gasteiger partial charge in [-0.1, -0.05) is 18.2 Å². The van der Waals surface area contributed by atoms with E-state index in [0.29, 0.717) is 11.6 Å². The Bertz CT molecular complexity index is 919. The maximum Gasteiger partial charge on any atom is 0.347 e. The van der Waals surface area contributed by atoms with Gasteiger partial charge in [0.25, 0.3) is 5.91 Å². The molecule has 1 saturated heterocycles. The molecule has 1 aromatic carbocycles. The van der Waals surface area contributed by atoms with Gasteiger partial charge in [0.05, 0.1) is 5.69 Å². The third kappa shape index (κ3) is 3.20. The summed E-state index contributed by atoms with van der Waals surface area (Å²) < 4.78 is 1.64. The summed E-state index contributed by atoms with van der Waals surface area (Å²) in [5, 5.41) is 6.78. The van der Waals surface area contributed by atoms with Crippen LogP contribution in [0.1, 0.15) is 29.2 Å². The van der Waals surface area contributed by atoms with Crippen LogP contribution in [0.5, 0.6) is 0 Å². The van der Waals surface area contributed by atoms with Crippen LogP contribution in [0.2, 0.25) is 0 Å². The zero-order valence-electron chi connectivity index (χ0n) is 14.4. The zero-order chi connectivity index (χ0) is 17.9. The maximum atomic E-state index is 12.4. The molecule has 26 heavy (non-hydrogen) atoms. The third-order valence-corrected chi connectivity index (χ3v) is 4.96. The van der Waals surface area contributed by atoms with Crippen LogP contribution >= 0.6 is 0 Å². The molecule has 3 aromatic rings. The first-order valence-corrected chi connectivity index (χ1v) is 8.87. The van der Waals surface area contributed by atoms with Crippen molar-refractivity contribution in [2.75, 3.05) is 13.1 Å². The fourth-order valence-corrected chi connectivity index (χ4v) is 3.54. The van der Waals surface area contributed by atoms with E-state index in [4.69, 9.17) is 0 Å². The predicted molar refractivity (Wildman–Crippen MR) is 97.3 cm³/mol. The molecule has 0 aliphatic carbocycles. The van der Waals surface area contributed by atoms with Crippen molar-refractivity contribution in [3.8, 4) is 5.69 Å². The van der Waals surface area contributed by atoms with E-state index in [-0.39, 0.29) is 11.6 Å². The lowest BCUT2D eigenvalue weighted by molar-refractivity contribution is 0.0684. The van der Waals surface area contributed by atoms with Crippen LogP contribution in [-0.4, -0.2) is 43.6 Å². The van der Waals surface area contributed by atoms with Crippen molar-refractivity contribution in [1.29, 1.82) is 0 Å². The average molecular weight is 351 g/mol. The molecule has 0 unspecified atom stereocenters. The van der Waals surface area contributed by atoms with Gasteiger partial charge in [0.1, 0.15) is 11.5 Å². The van der Waals surface area contributed by atoms with E-state index in [2.05, 4.69) is 15.2 Å². The molecular weight excluding hydrogens is 330 g/mol. The smallest absolute Gasteiger partial charge is 0.347 e. The molecule has 1 aliphatic rings. The minimum absolute atomic E-state index is 0.0504. The molecule has 134 valence electrons. The molecule has 7 nitrogen and oxygen atoms in total. The van der Waals surface area contributed by atoms with Crippen molar-refractivity contribution in [3.05, 3.63) is 70.7 Å². The molecule has 0 spiro atoms. The van der Waals surface area contributed by atoms with Gasteiger partial charge in [-0.25, -0.2) is 14.5 Å². The fraction of sp³-hybridized carbons (Fsp3) is 0.316. The van der Waals surface area contributed by atoms with Gasteiger partial charge in [-0.2, -0.15) is 5.10 Å². The number of piperidine rings is 1. The number of hydrogen-bond acceptors (Lipinski definition) is 3. The Morgan fingerprint density at radius 2 is 1.88 bits per heavy atom. The molecule has 1 amide bonds.